The van der Waals surface area contributed by atoms with E-state index in [1.807, 2.05) is 0 Å². The lowest BCUT2D eigenvalue weighted by molar-refractivity contribution is -0.137. The summed E-state index contributed by atoms with van der Waals surface area (Å²) in [5.41, 5.74) is 4.59. The molecular weight excluding hydrogens is 460 g/mol. The monoisotopic (exact) mass is 516 g/mol. The van der Waals surface area contributed by atoms with E-state index < -0.39 is 5.97 Å². The van der Waals surface area contributed by atoms with Gasteiger partial charge in [-0.05, 0) is 94.2 Å². The lowest BCUT2D eigenvalue weighted by Gasteiger charge is -2.38. The van der Waals surface area contributed by atoms with E-state index >= 15 is 0 Å². The summed E-state index contributed by atoms with van der Waals surface area (Å²) in [6.45, 7) is 18.6. The minimum Gasteiger partial charge on any atom is -0.493 e. The van der Waals surface area contributed by atoms with Crippen molar-refractivity contribution in [2.45, 2.75) is 144 Å². The highest BCUT2D eigenvalue weighted by Crippen LogP contribution is 2.45. The van der Waals surface area contributed by atoms with Crippen molar-refractivity contribution in [1.29, 1.82) is 0 Å². The first-order valence-corrected chi connectivity index (χ1v) is 15.1. The Morgan fingerprint density at radius 1 is 0.892 bits per heavy atom. The molecule has 2 rings (SSSR count). The Labute approximate surface area is 227 Å². The van der Waals surface area contributed by atoms with Gasteiger partial charge in [0.2, 0.25) is 0 Å². The summed E-state index contributed by atoms with van der Waals surface area (Å²) < 4.78 is 12.8. The fourth-order valence-corrected chi connectivity index (χ4v) is 5.87. The number of carbonyl (C=O) groups is 1. The van der Waals surface area contributed by atoms with Gasteiger partial charge in [0.05, 0.1) is 6.61 Å². The number of hydrogen-bond donors (Lipinski definition) is 1. The van der Waals surface area contributed by atoms with Crippen LogP contribution in [0.3, 0.4) is 0 Å². The Hall–Kier alpha value is -1.71. The van der Waals surface area contributed by atoms with Gasteiger partial charge in [-0.15, -0.1) is 0 Å². The molecule has 0 bridgehead atoms. The first kappa shape index (κ1) is 31.5. The molecule has 1 aromatic rings. The molecule has 1 heterocycles. The van der Waals surface area contributed by atoms with Gasteiger partial charge in [0.1, 0.15) is 17.1 Å². The van der Waals surface area contributed by atoms with Crippen LogP contribution in [0.2, 0.25) is 0 Å². The third-order valence-electron chi connectivity index (χ3n) is 8.62. The average molecular weight is 517 g/mol. The molecule has 0 aromatic heterocycles. The van der Waals surface area contributed by atoms with Crippen LogP contribution in [0.5, 0.6) is 11.5 Å². The van der Waals surface area contributed by atoms with Gasteiger partial charge in [0.25, 0.3) is 0 Å². The predicted octanol–water partition coefficient (Wildman–Crippen LogP) is 9.38. The summed E-state index contributed by atoms with van der Waals surface area (Å²) in [5, 5.41) is 8.89. The second-order valence-corrected chi connectivity index (χ2v) is 12.8. The minimum absolute atomic E-state index is 0.106. The number of carboxylic acids is 1. The first-order chi connectivity index (χ1) is 17.4. The van der Waals surface area contributed by atoms with E-state index in [0.717, 1.165) is 65.2 Å². The van der Waals surface area contributed by atoms with E-state index in [0.29, 0.717) is 13.0 Å². The van der Waals surface area contributed by atoms with Gasteiger partial charge in [0.15, 0.2) is 0 Å². The molecular formula is C33H56O4. The Bertz CT molecular complexity index is 859. The van der Waals surface area contributed by atoms with Crippen molar-refractivity contribution in [2.75, 3.05) is 6.61 Å². The second kappa shape index (κ2) is 15.0. The second-order valence-electron chi connectivity index (χ2n) is 12.8. The maximum atomic E-state index is 10.8. The first-order valence-electron chi connectivity index (χ1n) is 15.1. The van der Waals surface area contributed by atoms with Crippen molar-refractivity contribution in [3.05, 3.63) is 22.3 Å². The summed E-state index contributed by atoms with van der Waals surface area (Å²) in [6.07, 6.45) is 14.5. The molecule has 0 amide bonds. The van der Waals surface area contributed by atoms with E-state index in [2.05, 4.69) is 55.4 Å². The van der Waals surface area contributed by atoms with E-state index in [4.69, 9.17) is 14.6 Å². The zero-order valence-electron chi connectivity index (χ0n) is 25.3. The molecule has 0 radical (unpaired) electrons. The maximum Gasteiger partial charge on any atom is 0.303 e. The van der Waals surface area contributed by atoms with Crippen molar-refractivity contribution >= 4 is 5.97 Å². The number of fused-ring (bicyclic) bond motifs is 1. The lowest BCUT2D eigenvalue weighted by Crippen LogP contribution is -2.37. The molecule has 0 saturated heterocycles. The molecule has 0 spiro atoms. The molecule has 0 aliphatic carbocycles. The van der Waals surface area contributed by atoms with E-state index in [1.165, 1.54) is 56.9 Å². The van der Waals surface area contributed by atoms with Crippen LogP contribution in [0.15, 0.2) is 0 Å². The van der Waals surface area contributed by atoms with Gasteiger partial charge in [-0.1, -0.05) is 72.6 Å². The lowest BCUT2D eigenvalue weighted by atomic mass is 9.83. The third kappa shape index (κ3) is 10.2. The predicted molar refractivity (Wildman–Crippen MR) is 155 cm³/mol. The van der Waals surface area contributed by atoms with Crippen LogP contribution >= 0.6 is 0 Å². The van der Waals surface area contributed by atoms with Crippen LogP contribution in [-0.4, -0.2) is 23.3 Å². The smallest absolute Gasteiger partial charge is 0.303 e. The molecule has 37 heavy (non-hydrogen) atoms. The standard InChI is InChI=1S/C33H56O4/c1-23(2)13-9-14-24(3)15-10-16-25(4)17-11-20-33(8)21-19-29-28(7)31(36-22-12-18-30(34)35)26(5)27(6)32(29)37-33/h23-25H,9-22H2,1-8H3,(H,34,35)/t24?,25-,33?/m1/s1. The minimum atomic E-state index is -0.775. The number of rotatable bonds is 17. The van der Waals surface area contributed by atoms with Gasteiger partial charge in [-0.25, -0.2) is 0 Å². The zero-order chi connectivity index (χ0) is 27.6. The zero-order valence-corrected chi connectivity index (χ0v) is 25.3. The summed E-state index contributed by atoms with van der Waals surface area (Å²) in [7, 11) is 0. The van der Waals surface area contributed by atoms with Crippen molar-refractivity contribution < 1.29 is 19.4 Å². The largest absolute Gasteiger partial charge is 0.493 e. The van der Waals surface area contributed by atoms with Crippen LogP contribution in [-0.2, 0) is 11.2 Å². The van der Waals surface area contributed by atoms with Crippen molar-refractivity contribution in [3.8, 4) is 11.5 Å². The normalized spacial score (nSPS) is 18.8. The maximum absolute atomic E-state index is 10.8. The molecule has 1 N–H and O–H groups in total. The average Bonchev–Trinajstić information content (AvgIpc) is 2.81. The number of carboxylic acid groups (broad SMARTS) is 1. The summed E-state index contributed by atoms with van der Waals surface area (Å²) in [6, 6.07) is 0. The molecule has 212 valence electrons. The molecule has 1 aromatic carbocycles. The van der Waals surface area contributed by atoms with E-state index in [9.17, 15) is 4.79 Å². The molecule has 4 heteroatoms. The highest BCUT2D eigenvalue weighted by Gasteiger charge is 2.34. The van der Waals surface area contributed by atoms with Gasteiger partial charge in [0, 0.05) is 12.0 Å². The van der Waals surface area contributed by atoms with Crippen molar-refractivity contribution in [3.63, 3.8) is 0 Å². The number of hydrogen-bond acceptors (Lipinski definition) is 3. The Balaban J connectivity index is 1.82. The van der Waals surface area contributed by atoms with Crippen LogP contribution in [0, 0.1) is 38.5 Å². The van der Waals surface area contributed by atoms with Crippen LogP contribution in [0.25, 0.3) is 0 Å². The van der Waals surface area contributed by atoms with Crippen LogP contribution < -0.4 is 9.47 Å². The van der Waals surface area contributed by atoms with E-state index in [1.54, 1.807) is 0 Å². The highest BCUT2D eigenvalue weighted by molar-refractivity contribution is 5.66. The summed E-state index contributed by atoms with van der Waals surface area (Å²) in [5.74, 6) is 3.68. The van der Waals surface area contributed by atoms with Crippen molar-refractivity contribution in [1.82, 2.24) is 0 Å². The quantitative estimate of drug-likeness (QED) is 0.210. The van der Waals surface area contributed by atoms with Gasteiger partial charge in [-0.2, -0.15) is 0 Å². The molecule has 1 aliphatic heterocycles. The van der Waals surface area contributed by atoms with Gasteiger partial charge in [-0.3, -0.25) is 4.79 Å². The Kier molecular flexibility index (Phi) is 12.8. The van der Waals surface area contributed by atoms with Crippen molar-refractivity contribution in [2.24, 2.45) is 17.8 Å². The molecule has 2 unspecified atom stereocenters. The Morgan fingerprint density at radius 2 is 1.49 bits per heavy atom. The highest BCUT2D eigenvalue weighted by atomic mass is 16.5. The third-order valence-corrected chi connectivity index (χ3v) is 8.62. The number of aliphatic carboxylic acids is 1. The molecule has 4 nitrogen and oxygen atoms in total. The molecule has 0 fully saturated rings. The molecule has 3 atom stereocenters. The van der Waals surface area contributed by atoms with Crippen LogP contribution in [0.4, 0.5) is 0 Å². The SMILES string of the molecule is Cc1c(C)c2c(c(C)c1OCCCC(=O)O)CCC(C)(CCC[C@H](C)CCCC(C)CCCC(C)C)O2. The van der Waals surface area contributed by atoms with Gasteiger partial charge >= 0.3 is 5.97 Å². The topological polar surface area (TPSA) is 55.8 Å². The number of benzene rings is 1. The van der Waals surface area contributed by atoms with Crippen LogP contribution in [0.1, 0.15) is 134 Å². The van der Waals surface area contributed by atoms with E-state index in [-0.39, 0.29) is 12.0 Å². The molecule has 0 saturated carbocycles. The summed E-state index contributed by atoms with van der Waals surface area (Å²) in [4.78, 5) is 10.8. The Morgan fingerprint density at radius 3 is 2.08 bits per heavy atom. The fourth-order valence-electron chi connectivity index (χ4n) is 5.87. The summed E-state index contributed by atoms with van der Waals surface area (Å²) >= 11 is 0. The molecule has 1 aliphatic rings. The fraction of sp³-hybridized carbons (Fsp3) is 0.788. The van der Waals surface area contributed by atoms with Gasteiger partial charge < -0.3 is 14.6 Å². The number of ether oxygens (including phenoxy) is 2.